The highest BCUT2D eigenvalue weighted by Crippen LogP contribution is 1.94. The number of carboxylic acids is 4. The maximum absolute atomic E-state index is 10.4. The summed E-state index contributed by atoms with van der Waals surface area (Å²) in [5.41, 5.74) is 24.7. The number of hydrogen-bond acceptors (Lipinski definition) is 11. The normalized spacial score (nSPS) is 11.9. The Hall–Kier alpha value is -3.09. The summed E-state index contributed by atoms with van der Waals surface area (Å²) in [6.45, 7) is 2.19. The number of aliphatic hydroxyl groups excluding tert-OH is 2. The van der Waals surface area contributed by atoms with Gasteiger partial charge in [0.15, 0.2) is 5.96 Å². The minimum absolute atomic E-state index is 0.0129. The van der Waals surface area contributed by atoms with Crippen molar-refractivity contribution in [3.63, 3.8) is 0 Å². The molecule has 0 aliphatic rings. The molecule has 17 heteroatoms. The van der Waals surface area contributed by atoms with E-state index in [0.717, 1.165) is 6.42 Å². The average molecular weight is 516 g/mol. The summed E-state index contributed by atoms with van der Waals surface area (Å²) in [5, 5.41) is 51.7. The number of nitrogens with two attached hydrogens (primary N) is 5. The maximum atomic E-state index is 10.4. The monoisotopic (exact) mass is 515 g/mol. The Balaban J connectivity index is -0.000000193. The van der Waals surface area contributed by atoms with Crippen molar-refractivity contribution in [3.8, 4) is 0 Å². The first kappa shape index (κ1) is 39.1. The van der Waals surface area contributed by atoms with Crippen LogP contribution in [0, 0.1) is 0 Å². The number of rotatable bonds is 14. The molecule has 0 rings (SSSR count). The predicted octanol–water partition coefficient (Wildman–Crippen LogP) is -4.31. The van der Waals surface area contributed by atoms with Crippen molar-refractivity contribution in [2.75, 3.05) is 32.8 Å². The molecule has 208 valence electrons. The number of aliphatic carboxylic acids is 4. The Morgan fingerprint density at radius 2 is 1.37 bits per heavy atom. The molecule has 0 heterocycles. The van der Waals surface area contributed by atoms with Crippen molar-refractivity contribution >= 4 is 29.8 Å². The lowest BCUT2D eigenvalue weighted by molar-refractivity contribution is -0.140. The number of guanidine groups is 1. The molecule has 0 fully saturated rings. The predicted molar refractivity (Wildman–Crippen MR) is 126 cm³/mol. The highest BCUT2D eigenvalue weighted by molar-refractivity contribution is 5.75. The van der Waals surface area contributed by atoms with Crippen LogP contribution in [0.5, 0.6) is 0 Å². The van der Waals surface area contributed by atoms with Crippen LogP contribution in [0.3, 0.4) is 0 Å². The molecule has 0 aliphatic carbocycles. The van der Waals surface area contributed by atoms with Gasteiger partial charge in [-0.3, -0.25) is 24.2 Å². The topological polar surface area (TPSA) is 344 Å². The van der Waals surface area contributed by atoms with E-state index in [0.29, 0.717) is 25.9 Å². The Labute approximate surface area is 203 Å². The summed E-state index contributed by atoms with van der Waals surface area (Å²) >= 11 is 0. The van der Waals surface area contributed by atoms with E-state index in [2.05, 4.69) is 16.0 Å². The third-order valence-electron chi connectivity index (χ3n) is 3.33. The molecule has 35 heavy (non-hydrogen) atoms. The lowest BCUT2D eigenvalue weighted by atomic mass is 10.2. The van der Waals surface area contributed by atoms with Crippen molar-refractivity contribution in [2.45, 2.75) is 50.7 Å². The van der Waals surface area contributed by atoms with Gasteiger partial charge >= 0.3 is 23.9 Å². The first-order valence-electron chi connectivity index (χ1n) is 10.3. The number of carbonyl (C=O) groups is 4. The second kappa shape index (κ2) is 27.2. The fraction of sp³-hybridized carbons (Fsp3) is 0.722. The van der Waals surface area contributed by atoms with Gasteiger partial charge in [-0.05, 0) is 32.2 Å². The molecule has 3 atom stereocenters. The Morgan fingerprint density at radius 3 is 1.63 bits per heavy atom. The highest BCUT2D eigenvalue weighted by atomic mass is 16.4. The van der Waals surface area contributed by atoms with Crippen LogP contribution in [0.25, 0.3) is 0 Å². The molecule has 0 bridgehead atoms. The van der Waals surface area contributed by atoms with Crippen molar-refractivity contribution in [3.05, 3.63) is 0 Å². The van der Waals surface area contributed by atoms with Gasteiger partial charge in [0.25, 0.3) is 0 Å². The molecular formula is C18H41N7O10. The van der Waals surface area contributed by atoms with E-state index >= 15 is 0 Å². The molecule has 0 aliphatic heterocycles. The standard InChI is InChI=1S/C7H15NO3.C6H14N4O2.C3H7NO3.C2H5NO2/c1-2-4-8-6(3-5-9)7(10)11;7-4(5(11)12)2-1-3-10-6(8)9;4-2(1-5)3(6)7;3-1-2(4)5/h6,8-9H,2-5H2,1H3,(H,10,11);4H,1-3,7H2,(H,11,12)(H4,8,9,10);2,5H,1,4H2,(H,6,7);1,3H2,(H,4,5). The van der Waals surface area contributed by atoms with Crippen LogP contribution in [0.4, 0.5) is 0 Å². The summed E-state index contributed by atoms with van der Waals surface area (Å²) in [5.74, 6) is -4.03. The minimum atomic E-state index is -1.18. The van der Waals surface area contributed by atoms with Gasteiger partial charge in [0.2, 0.25) is 0 Å². The van der Waals surface area contributed by atoms with Gasteiger partial charge in [-0.2, -0.15) is 0 Å². The molecule has 0 spiro atoms. The molecule has 0 aromatic carbocycles. The van der Waals surface area contributed by atoms with E-state index in [1.165, 1.54) is 0 Å². The summed E-state index contributed by atoms with van der Waals surface area (Å²) in [6.07, 6.45) is 2.13. The molecule has 17 nitrogen and oxygen atoms in total. The molecule has 17 N–H and O–H groups in total. The van der Waals surface area contributed by atoms with E-state index in [1.54, 1.807) is 0 Å². The smallest absolute Gasteiger partial charge is 0.322 e. The molecule has 0 saturated heterocycles. The fourth-order valence-corrected chi connectivity index (χ4v) is 1.48. The van der Waals surface area contributed by atoms with Crippen LogP contribution in [0.15, 0.2) is 4.99 Å². The molecule has 3 unspecified atom stereocenters. The first-order chi connectivity index (χ1) is 16.2. The van der Waals surface area contributed by atoms with Crippen LogP contribution in [-0.2, 0) is 19.2 Å². The SMILES string of the molecule is CCCNC(CCO)C(=O)O.NC(CO)C(=O)O.NC(N)=NCCCC(N)C(=O)O.NCC(=O)O. The second-order valence-electron chi connectivity index (χ2n) is 6.48. The lowest BCUT2D eigenvalue weighted by Gasteiger charge is -2.11. The lowest BCUT2D eigenvalue weighted by Crippen LogP contribution is -2.37. The van der Waals surface area contributed by atoms with E-state index in [4.69, 9.17) is 53.6 Å². The van der Waals surface area contributed by atoms with Crippen LogP contribution < -0.4 is 34.0 Å². The first-order valence-corrected chi connectivity index (χ1v) is 10.3. The highest BCUT2D eigenvalue weighted by Gasteiger charge is 2.14. The number of nitrogens with zero attached hydrogens (tertiary/aromatic N) is 1. The van der Waals surface area contributed by atoms with Gasteiger partial charge in [0.05, 0.1) is 13.2 Å². The van der Waals surface area contributed by atoms with E-state index in [-0.39, 0.29) is 25.5 Å². The van der Waals surface area contributed by atoms with Gasteiger partial charge < -0.3 is 64.6 Å². The molecule has 0 saturated carbocycles. The average Bonchev–Trinajstić information content (AvgIpc) is 2.79. The van der Waals surface area contributed by atoms with Crippen LogP contribution in [0.2, 0.25) is 0 Å². The van der Waals surface area contributed by atoms with Gasteiger partial charge in [-0.15, -0.1) is 0 Å². The molecule has 0 radical (unpaired) electrons. The zero-order valence-electron chi connectivity index (χ0n) is 19.7. The van der Waals surface area contributed by atoms with Gasteiger partial charge in [-0.1, -0.05) is 6.92 Å². The van der Waals surface area contributed by atoms with Gasteiger partial charge in [0.1, 0.15) is 18.1 Å². The third kappa shape index (κ3) is 35.7. The number of hydrogen-bond donors (Lipinski definition) is 12. The van der Waals surface area contributed by atoms with Crippen molar-refractivity contribution < 1.29 is 49.8 Å². The zero-order chi connectivity index (χ0) is 28.4. The van der Waals surface area contributed by atoms with E-state index in [9.17, 15) is 19.2 Å². The number of aliphatic hydroxyl groups is 2. The summed E-state index contributed by atoms with van der Waals surface area (Å²) in [6, 6.07) is -2.54. The molecule has 0 aromatic heterocycles. The van der Waals surface area contributed by atoms with Crippen LogP contribution in [-0.4, -0.2) is 111 Å². The number of aliphatic imine (C=N–C) groups is 1. The fourth-order valence-electron chi connectivity index (χ4n) is 1.48. The Morgan fingerprint density at radius 1 is 0.886 bits per heavy atom. The van der Waals surface area contributed by atoms with Gasteiger partial charge in [0, 0.05) is 13.2 Å². The minimum Gasteiger partial charge on any atom is -0.480 e. The van der Waals surface area contributed by atoms with E-state index < -0.39 is 48.6 Å². The summed E-state index contributed by atoms with van der Waals surface area (Å²) in [4.78, 5) is 43.2. The van der Waals surface area contributed by atoms with Crippen molar-refractivity contribution in [2.24, 2.45) is 33.7 Å². The third-order valence-corrected chi connectivity index (χ3v) is 3.33. The van der Waals surface area contributed by atoms with Crippen molar-refractivity contribution in [1.29, 1.82) is 0 Å². The number of nitrogens with one attached hydrogen (secondary N) is 1. The molecule has 0 aromatic rings. The Bertz CT molecular complexity index is 604. The Kier molecular flexibility index (Phi) is 30.4. The zero-order valence-corrected chi connectivity index (χ0v) is 19.7. The summed E-state index contributed by atoms with van der Waals surface area (Å²) in [7, 11) is 0. The quantitative estimate of drug-likeness (QED) is 0.0590. The maximum Gasteiger partial charge on any atom is 0.322 e. The van der Waals surface area contributed by atoms with Crippen molar-refractivity contribution in [1.82, 2.24) is 5.32 Å². The second-order valence-corrected chi connectivity index (χ2v) is 6.48. The summed E-state index contributed by atoms with van der Waals surface area (Å²) < 4.78 is 0. The molecular weight excluding hydrogens is 474 g/mol. The largest absolute Gasteiger partial charge is 0.480 e. The van der Waals surface area contributed by atoms with Crippen LogP contribution >= 0.6 is 0 Å². The number of carboxylic acid groups (broad SMARTS) is 4. The van der Waals surface area contributed by atoms with Gasteiger partial charge in [-0.25, -0.2) is 0 Å². The molecule has 0 amide bonds. The van der Waals surface area contributed by atoms with Crippen LogP contribution in [0.1, 0.15) is 32.6 Å². The van der Waals surface area contributed by atoms with E-state index in [1.807, 2.05) is 6.92 Å².